The lowest BCUT2D eigenvalue weighted by atomic mass is 10.3. The van der Waals surface area contributed by atoms with E-state index in [0.717, 1.165) is 10.7 Å². The number of carbonyl (C=O) groups is 1. The summed E-state index contributed by atoms with van der Waals surface area (Å²) in [6.45, 7) is 3.97. The van der Waals surface area contributed by atoms with Crippen molar-refractivity contribution in [2.75, 3.05) is 5.32 Å². The molecule has 19 heavy (non-hydrogen) atoms. The second-order valence-corrected chi connectivity index (χ2v) is 5.28. The summed E-state index contributed by atoms with van der Waals surface area (Å²) in [6.07, 6.45) is 2.91. The minimum atomic E-state index is -0.439. The van der Waals surface area contributed by atoms with Crippen LogP contribution in [0.1, 0.15) is 30.4 Å². The average molecular weight is 326 g/mol. The molecule has 0 bridgehead atoms. The van der Waals surface area contributed by atoms with Crippen LogP contribution in [0.2, 0.25) is 0 Å². The third-order valence-corrected chi connectivity index (χ3v) is 3.01. The number of nitrogens with zero attached hydrogens (tertiary/aromatic N) is 2. The maximum absolute atomic E-state index is 12.7. The number of pyridine rings is 1. The van der Waals surface area contributed by atoms with Crippen molar-refractivity contribution >= 4 is 27.7 Å². The van der Waals surface area contributed by atoms with E-state index in [9.17, 15) is 9.18 Å². The number of aromatic nitrogens is 2. The Morgan fingerprint density at radius 3 is 2.79 bits per heavy atom. The van der Waals surface area contributed by atoms with Gasteiger partial charge in [-0.1, -0.05) is 0 Å². The molecule has 2 aromatic heterocycles. The molecule has 0 spiro atoms. The Kier molecular flexibility index (Phi) is 3.99. The van der Waals surface area contributed by atoms with Crippen LogP contribution in [0.3, 0.4) is 0 Å². The highest BCUT2D eigenvalue weighted by atomic mass is 79.9. The van der Waals surface area contributed by atoms with Crippen LogP contribution in [0.5, 0.6) is 0 Å². The summed E-state index contributed by atoms with van der Waals surface area (Å²) in [5.74, 6) is -0.399. The van der Waals surface area contributed by atoms with Gasteiger partial charge in [-0.05, 0) is 48.0 Å². The molecule has 1 N–H and O–H groups in total. The molecule has 2 rings (SSSR count). The van der Waals surface area contributed by atoms with E-state index < -0.39 is 5.82 Å². The van der Waals surface area contributed by atoms with Crippen LogP contribution < -0.4 is 5.32 Å². The van der Waals surface area contributed by atoms with E-state index in [0.29, 0.717) is 11.5 Å². The van der Waals surface area contributed by atoms with E-state index in [1.165, 1.54) is 12.1 Å². The molecule has 0 aromatic carbocycles. The molecule has 0 unspecified atom stereocenters. The maximum atomic E-state index is 12.7. The molecule has 2 aromatic rings. The van der Waals surface area contributed by atoms with E-state index in [4.69, 9.17) is 0 Å². The highest BCUT2D eigenvalue weighted by Gasteiger charge is 2.15. The van der Waals surface area contributed by atoms with Gasteiger partial charge in [-0.15, -0.1) is 0 Å². The van der Waals surface area contributed by atoms with Gasteiger partial charge >= 0.3 is 0 Å². The number of anilines is 1. The molecule has 0 fully saturated rings. The fourth-order valence-electron chi connectivity index (χ4n) is 1.68. The van der Waals surface area contributed by atoms with Crippen molar-refractivity contribution in [3.63, 3.8) is 0 Å². The highest BCUT2D eigenvalue weighted by Crippen LogP contribution is 2.20. The quantitative estimate of drug-likeness (QED) is 0.936. The smallest absolute Gasteiger partial charge is 0.273 e. The Bertz CT molecular complexity index is 592. The van der Waals surface area contributed by atoms with Gasteiger partial charge in [-0.3, -0.25) is 4.79 Å². The first-order valence-corrected chi connectivity index (χ1v) is 6.57. The molecule has 4 nitrogen and oxygen atoms in total. The molecule has 6 heteroatoms. The lowest BCUT2D eigenvalue weighted by Gasteiger charge is -2.12. The summed E-state index contributed by atoms with van der Waals surface area (Å²) >= 11 is 3.35. The van der Waals surface area contributed by atoms with Gasteiger partial charge in [0.15, 0.2) is 0 Å². The Hall–Kier alpha value is -1.69. The summed E-state index contributed by atoms with van der Waals surface area (Å²) in [6, 6.07) is 4.57. The van der Waals surface area contributed by atoms with Crippen molar-refractivity contribution in [2.45, 2.75) is 19.9 Å². The number of halogens is 2. The summed E-state index contributed by atoms with van der Waals surface area (Å²) in [7, 11) is 0. The molecule has 0 aliphatic heterocycles. The normalized spacial score (nSPS) is 10.8. The molecular weight excluding hydrogens is 313 g/mol. The van der Waals surface area contributed by atoms with Crippen molar-refractivity contribution in [3.8, 4) is 0 Å². The van der Waals surface area contributed by atoms with Gasteiger partial charge in [0, 0.05) is 16.7 Å². The van der Waals surface area contributed by atoms with E-state index in [1.54, 1.807) is 6.07 Å². The number of nitrogens with one attached hydrogen (secondary N) is 1. The van der Waals surface area contributed by atoms with Gasteiger partial charge in [0.25, 0.3) is 5.91 Å². The Labute approximate surface area is 118 Å². The van der Waals surface area contributed by atoms with Gasteiger partial charge in [0.05, 0.1) is 6.20 Å². The second kappa shape index (κ2) is 5.52. The summed E-state index contributed by atoms with van der Waals surface area (Å²) in [5, 5.41) is 2.64. The summed E-state index contributed by atoms with van der Waals surface area (Å²) < 4.78 is 15.4. The van der Waals surface area contributed by atoms with Gasteiger partial charge < -0.3 is 9.88 Å². The van der Waals surface area contributed by atoms with Crippen LogP contribution in [-0.4, -0.2) is 15.5 Å². The minimum absolute atomic E-state index is 0.160. The fraction of sp³-hybridized carbons (Fsp3) is 0.231. The van der Waals surface area contributed by atoms with Crippen molar-refractivity contribution in [1.82, 2.24) is 9.55 Å². The zero-order valence-electron chi connectivity index (χ0n) is 10.5. The van der Waals surface area contributed by atoms with E-state index in [-0.39, 0.29) is 11.9 Å². The van der Waals surface area contributed by atoms with Crippen molar-refractivity contribution in [1.29, 1.82) is 0 Å². The van der Waals surface area contributed by atoms with Gasteiger partial charge in [-0.25, -0.2) is 9.37 Å². The minimum Gasteiger partial charge on any atom is -0.340 e. The highest BCUT2D eigenvalue weighted by molar-refractivity contribution is 9.10. The molecule has 0 atom stereocenters. The lowest BCUT2D eigenvalue weighted by molar-refractivity contribution is 0.101. The predicted octanol–water partition coefficient (Wildman–Crippen LogP) is 3.62. The van der Waals surface area contributed by atoms with Gasteiger partial charge in [0.2, 0.25) is 0 Å². The molecule has 2 heterocycles. The molecule has 0 aliphatic carbocycles. The first-order chi connectivity index (χ1) is 8.97. The molecule has 100 valence electrons. The number of amides is 1. The Morgan fingerprint density at radius 2 is 2.21 bits per heavy atom. The maximum Gasteiger partial charge on any atom is 0.273 e. The molecule has 1 amide bonds. The number of hydrogen-bond donors (Lipinski definition) is 1. The number of rotatable bonds is 3. The number of hydrogen-bond acceptors (Lipinski definition) is 2. The zero-order chi connectivity index (χ0) is 14.0. The van der Waals surface area contributed by atoms with E-state index in [2.05, 4.69) is 26.2 Å². The SMILES string of the molecule is CC(C)n1cc(Br)cc1C(=O)Nc1ccc(F)cn1. The van der Waals surface area contributed by atoms with E-state index >= 15 is 0 Å². The Morgan fingerprint density at radius 1 is 1.47 bits per heavy atom. The van der Waals surface area contributed by atoms with E-state index in [1.807, 2.05) is 24.6 Å². The first-order valence-electron chi connectivity index (χ1n) is 5.77. The molecule has 0 saturated heterocycles. The summed E-state index contributed by atoms with van der Waals surface area (Å²) in [5.41, 5.74) is 0.521. The second-order valence-electron chi connectivity index (χ2n) is 4.36. The topological polar surface area (TPSA) is 46.9 Å². The van der Waals surface area contributed by atoms with Crippen molar-refractivity contribution in [3.05, 3.63) is 46.6 Å². The van der Waals surface area contributed by atoms with Gasteiger partial charge in [-0.2, -0.15) is 0 Å². The van der Waals surface area contributed by atoms with Crippen LogP contribution in [0, 0.1) is 5.82 Å². The fourth-order valence-corrected chi connectivity index (χ4v) is 2.12. The van der Waals surface area contributed by atoms with Crippen LogP contribution in [0.15, 0.2) is 35.1 Å². The predicted molar refractivity (Wildman–Crippen MR) is 74.7 cm³/mol. The summed E-state index contributed by atoms with van der Waals surface area (Å²) in [4.78, 5) is 15.9. The van der Waals surface area contributed by atoms with Crippen LogP contribution in [-0.2, 0) is 0 Å². The Balaban J connectivity index is 2.22. The molecule has 0 saturated carbocycles. The zero-order valence-corrected chi connectivity index (χ0v) is 12.1. The average Bonchev–Trinajstić information content (AvgIpc) is 2.74. The van der Waals surface area contributed by atoms with Crippen LogP contribution in [0.25, 0.3) is 0 Å². The molecular formula is C13H13BrFN3O. The van der Waals surface area contributed by atoms with Gasteiger partial charge in [0.1, 0.15) is 17.3 Å². The molecule has 0 radical (unpaired) electrons. The largest absolute Gasteiger partial charge is 0.340 e. The first kappa shape index (κ1) is 13.7. The lowest BCUT2D eigenvalue weighted by Crippen LogP contribution is -2.18. The third kappa shape index (κ3) is 3.20. The standard InChI is InChI=1S/C13H13BrFN3O/c1-8(2)18-7-9(14)5-11(18)13(19)17-12-4-3-10(15)6-16-12/h3-8H,1-2H3,(H,16,17,19). The third-order valence-electron chi connectivity index (χ3n) is 2.57. The number of carbonyl (C=O) groups excluding carboxylic acids is 1. The molecule has 0 aliphatic rings. The van der Waals surface area contributed by atoms with Crippen LogP contribution >= 0.6 is 15.9 Å². The van der Waals surface area contributed by atoms with Crippen molar-refractivity contribution < 1.29 is 9.18 Å². The van der Waals surface area contributed by atoms with Crippen LogP contribution in [0.4, 0.5) is 10.2 Å². The monoisotopic (exact) mass is 325 g/mol. The van der Waals surface area contributed by atoms with Crippen molar-refractivity contribution in [2.24, 2.45) is 0 Å².